The molecule has 0 fully saturated rings. The third-order valence-electron chi connectivity index (χ3n) is 1.16. The van der Waals surface area contributed by atoms with Crippen molar-refractivity contribution in [3.05, 3.63) is 0 Å². The van der Waals surface area contributed by atoms with Crippen molar-refractivity contribution < 1.29 is 27.0 Å². The van der Waals surface area contributed by atoms with Crippen LogP contribution in [0.3, 0.4) is 0 Å². The van der Waals surface area contributed by atoms with Crippen LogP contribution in [0.5, 0.6) is 0 Å². The zero-order chi connectivity index (χ0) is 11.7. The molecule has 0 aromatic carbocycles. The zero-order valence-electron chi connectivity index (χ0n) is 6.77. The van der Waals surface area contributed by atoms with Crippen molar-refractivity contribution >= 4 is 40.6 Å². The summed E-state index contributed by atoms with van der Waals surface area (Å²) in [6.07, 6.45) is 0. The predicted molar refractivity (Wildman–Crippen MR) is 51.6 cm³/mol. The van der Waals surface area contributed by atoms with Gasteiger partial charge in [0, 0.05) is 0 Å². The van der Waals surface area contributed by atoms with E-state index in [1.54, 1.807) is 0 Å². The summed E-state index contributed by atoms with van der Waals surface area (Å²) in [7, 11) is -14.3. The lowest BCUT2D eigenvalue weighted by Crippen LogP contribution is -1.83. The fourth-order valence-electron chi connectivity index (χ4n) is 0.708. The normalized spacial score (nSPS) is 44.2. The summed E-state index contributed by atoms with van der Waals surface area (Å²) in [6.45, 7) is 0. The summed E-state index contributed by atoms with van der Waals surface area (Å²) in [5.74, 6) is 0. The van der Waals surface area contributed by atoms with Crippen LogP contribution in [0.4, 0.5) is 12.6 Å². The second-order valence-corrected chi connectivity index (χ2v) is 8.49. The van der Waals surface area contributed by atoms with Crippen molar-refractivity contribution in [2.24, 2.45) is 13.5 Å². The van der Waals surface area contributed by atoms with E-state index in [2.05, 4.69) is 13.5 Å². The van der Waals surface area contributed by atoms with Crippen molar-refractivity contribution in [3.8, 4) is 0 Å². The van der Waals surface area contributed by atoms with Gasteiger partial charge in [-0.15, -0.1) is 0 Å². The number of carbonyl (C=O) groups excluding carboxylic acids is 3. The van der Waals surface area contributed by atoms with E-state index < -0.39 is 40.6 Å². The van der Waals surface area contributed by atoms with Crippen LogP contribution >= 0.6 is 22.5 Å². The standard InChI is InChI=1S/C3H3F3N3O3P3/c4-13(1-10)7-14(5,2-11)9-15(6,3-12)8-13/h1-3H. The van der Waals surface area contributed by atoms with Gasteiger partial charge in [-0.1, -0.05) is 0 Å². The highest BCUT2D eigenvalue weighted by Gasteiger charge is 2.37. The number of nitrogens with zero attached hydrogens (tertiary/aromatic N) is 3. The number of carbonyl (C=O) groups is 3. The fourth-order valence-corrected chi connectivity index (χ4v) is 7.34. The molecule has 6 nitrogen and oxygen atoms in total. The van der Waals surface area contributed by atoms with Crippen molar-refractivity contribution in [2.75, 3.05) is 0 Å². The molecule has 0 saturated heterocycles. The topological polar surface area (TPSA) is 88.3 Å². The molecule has 12 heteroatoms. The van der Waals surface area contributed by atoms with Crippen molar-refractivity contribution in [1.29, 1.82) is 0 Å². The van der Waals surface area contributed by atoms with Crippen molar-refractivity contribution in [3.63, 3.8) is 0 Å². The Kier molecular flexibility index (Phi) is 3.19. The van der Waals surface area contributed by atoms with Gasteiger partial charge in [0.05, 0.1) is 0 Å². The van der Waals surface area contributed by atoms with Crippen LogP contribution < -0.4 is 0 Å². The van der Waals surface area contributed by atoms with Crippen LogP contribution in [0.2, 0.25) is 0 Å². The molecule has 0 aromatic heterocycles. The molecular weight excluding hydrogens is 276 g/mol. The molecule has 0 saturated carbocycles. The summed E-state index contributed by atoms with van der Waals surface area (Å²) >= 11 is 0. The first-order chi connectivity index (χ1) is 6.80. The zero-order valence-corrected chi connectivity index (χ0v) is 9.46. The van der Waals surface area contributed by atoms with Gasteiger partial charge >= 0.3 is 22.5 Å². The van der Waals surface area contributed by atoms with Gasteiger partial charge in [-0.05, 0) is 0 Å². The Labute approximate surface area is 81.9 Å². The van der Waals surface area contributed by atoms with Crippen molar-refractivity contribution in [2.45, 2.75) is 0 Å². The minimum absolute atomic E-state index is 0.489. The Bertz CT molecular complexity index is 411. The maximum Gasteiger partial charge on any atom is 0.311 e. The molecule has 0 aliphatic carbocycles. The molecule has 0 spiro atoms. The van der Waals surface area contributed by atoms with E-state index in [1.165, 1.54) is 0 Å². The van der Waals surface area contributed by atoms with Gasteiger partial charge in [0.15, 0.2) is 0 Å². The van der Waals surface area contributed by atoms with Gasteiger partial charge < -0.3 is 0 Å². The van der Waals surface area contributed by atoms with Crippen molar-refractivity contribution in [1.82, 2.24) is 0 Å². The molecule has 0 bridgehead atoms. The lowest BCUT2D eigenvalue weighted by atomic mass is 11.8. The average molecular weight is 279 g/mol. The second kappa shape index (κ2) is 3.81. The molecular formula is C3H3F3N3O3P3. The monoisotopic (exact) mass is 279 g/mol. The number of halogens is 3. The largest absolute Gasteiger partial charge is 0.311 e. The molecule has 1 rings (SSSR count). The first-order valence-corrected chi connectivity index (χ1v) is 8.15. The van der Waals surface area contributed by atoms with E-state index in [1.807, 2.05) is 0 Å². The van der Waals surface area contributed by atoms with E-state index in [-0.39, 0.29) is 0 Å². The number of rotatable bonds is 3. The first kappa shape index (κ1) is 12.6. The first-order valence-electron chi connectivity index (χ1n) is 3.19. The SMILES string of the molecule is O=CP1(F)=NP(F)(C=O)=NP(F)(C=O)=N1. The molecule has 15 heavy (non-hydrogen) atoms. The molecule has 1 aliphatic rings. The molecule has 0 unspecified atom stereocenters. The molecule has 0 atom stereocenters. The van der Waals surface area contributed by atoms with Crippen LogP contribution in [0.25, 0.3) is 0 Å². The molecule has 0 N–H and O–H groups in total. The Morgan fingerprint density at radius 3 is 1.00 bits per heavy atom. The lowest BCUT2D eigenvalue weighted by molar-refractivity contribution is 0.566. The summed E-state index contributed by atoms with van der Waals surface area (Å²) < 4.78 is 47.5. The molecule has 84 valence electrons. The third kappa shape index (κ3) is 2.54. The minimum Gasteiger partial charge on any atom is -0.292 e. The van der Waals surface area contributed by atoms with Crippen LogP contribution in [-0.2, 0) is 14.4 Å². The van der Waals surface area contributed by atoms with Gasteiger partial charge in [-0.25, -0.2) is 0 Å². The van der Waals surface area contributed by atoms with Crippen LogP contribution in [0.15, 0.2) is 13.5 Å². The van der Waals surface area contributed by atoms with Crippen LogP contribution in [0, 0.1) is 0 Å². The Balaban J connectivity index is 3.68. The molecule has 0 aromatic rings. The van der Waals surface area contributed by atoms with Gasteiger partial charge in [0.1, 0.15) is 0 Å². The van der Waals surface area contributed by atoms with Crippen LogP contribution in [0.1, 0.15) is 0 Å². The van der Waals surface area contributed by atoms with Gasteiger partial charge in [0.2, 0.25) is 18.1 Å². The lowest BCUT2D eigenvalue weighted by Gasteiger charge is -2.15. The summed E-state index contributed by atoms with van der Waals surface area (Å²) in [6, 6.07) is -1.47. The van der Waals surface area contributed by atoms with E-state index in [9.17, 15) is 27.0 Å². The molecule has 1 heterocycles. The number of hydrogen-bond donors (Lipinski definition) is 0. The van der Waals surface area contributed by atoms with E-state index in [4.69, 9.17) is 0 Å². The quantitative estimate of drug-likeness (QED) is 0.584. The summed E-state index contributed by atoms with van der Waals surface area (Å²) in [5.41, 5.74) is 0. The molecule has 0 radical (unpaired) electrons. The highest BCUT2D eigenvalue weighted by atomic mass is 31.3. The average Bonchev–Trinajstić information content (AvgIpc) is 2.16. The fraction of sp³-hybridized carbons (Fsp3) is 0. The summed E-state index contributed by atoms with van der Waals surface area (Å²) in [4.78, 5) is 30.6. The highest BCUT2D eigenvalue weighted by Crippen LogP contribution is 2.77. The van der Waals surface area contributed by atoms with E-state index >= 15 is 0 Å². The molecule has 1 aliphatic heterocycles. The smallest absolute Gasteiger partial charge is 0.292 e. The Morgan fingerprint density at radius 2 is 0.867 bits per heavy atom. The Morgan fingerprint density at radius 1 is 0.667 bits per heavy atom. The molecule has 0 amide bonds. The van der Waals surface area contributed by atoms with Gasteiger partial charge in [-0.3, -0.25) is 14.4 Å². The predicted octanol–water partition coefficient (Wildman–Crippen LogP) is 3.57. The maximum absolute atomic E-state index is 13.3. The van der Waals surface area contributed by atoms with Crippen LogP contribution in [-0.4, -0.2) is 18.1 Å². The second-order valence-electron chi connectivity index (χ2n) is 2.29. The van der Waals surface area contributed by atoms with E-state index in [0.29, 0.717) is 0 Å². The minimum atomic E-state index is -4.76. The summed E-state index contributed by atoms with van der Waals surface area (Å²) in [5, 5.41) is 0. The maximum atomic E-state index is 13.3. The third-order valence-corrected chi connectivity index (χ3v) is 7.98. The Hall–Kier alpha value is -0.510. The number of hydrogen-bond acceptors (Lipinski definition) is 6. The highest BCUT2D eigenvalue weighted by molar-refractivity contribution is 7.95. The van der Waals surface area contributed by atoms with Gasteiger partial charge in [0.25, 0.3) is 0 Å². The van der Waals surface area contributed by atoms with E-state index in [0.717, 1.165) is 0 Å². The van der Waals surface area contributed by atoms with Gasteiger partial charge in [-0.2, -0.15) is 26.1 Å².